The van der Waals surface area contributed by atoms with E-state index < -0.39 is 12.1 Å². The first-order valence-electron chi connectivity index (χ1n) is 3.46. The van der Waals surface area contributed by atoms with Gasteiger partial charge in [0, 0.05) is 12.0 Å². The molecule has 0 saturated carbocycles. The summed E-state index contributed by atoms with van der Waals surface area (Å²) in [4.78, 5) is 10.4. The number of rotatable bonds is 1. The number of ether oxygens (including phenoxy) is 1. The highest BCUT2D eigenvalue weighted by Gasteiger charge is 2.47. The maximum Gasteiger partial charge on any atom is 0.331 e. The fourth-order valence-corrected chi connectivity index (χ4v) is 1.35. The molecule has 1 aliphatic carbocycles. The van der Waals surface area contributed by atoms with E-state index in [-0.39, 0.29) is 24.2 Å². The first-order chi connectivity index (χ1) is 5.18. The molecular weight excluding hydrogens is 148 g/mol. The molecule has 0 unspecified atom stereocenters. The first kappa shape index (κ1) is 6.82. The Balaban J connectivity index is 2.17. The molecule has 0 aromatic rings. The lowest BCUT2D eigenvalue weighted by molar-refractivity contribution is -0.133. The quantitative estimate of drug-likeness (QED) is 0.503. The van der Waals surface area contributed by atoms with Crippen molar-refractivity contribution in [3.63, 3.8) is 0 Å². The minimum atomic E-state index is -0.960. The molecule has 1 aliphatic heterocycles. The van der Waals surface area contributed by atoms with Crippen LogP contribution in [0.4, 0.5) is 0 Å². The fourth-order valence-electron chi connectivity index (χ4n) is 1.35. The van der Waals surface area contributed by atoms with Gasteiger partial charge in [-0.2, -0.15) is 0 Å². The normalized spacial score (nSPS) is 40.8. The van der Waals surface area contributed by atoms with Crippen molar-refractivity contribution in [3.05, 3.63) is 11.6 Å². The zero-order valence-corrected chi connectivity index (χ0v) is 5.73. The maximum absolute atomic E-state index is 10.4. The smallest absolute Gasteiger partial charge is 0.331 e. The number of carboxylic acids is 1. The fraction of sp³-hybridized carbons (Fsp3) is 0.571. The Bertz CT molecular complexity index is 233. The van der Waals surface area contributed by atoms with Crippen LogP contribution in [0.2, 0.25) is 0 Å². The van der Waals surface area contributed by atoms with E-state index in [1.807, 2.05) is 0 Å². The van der Waals surface area contributed by atoms with Crippen molar-refractivity contribution in [1.29, 1.82) is 0 Å². The number of aliphatic hydroxyl groups is 1. The molecule has 2 rings (SSSR count). The van der Waals surface area contributed by atoms with Crippen LogP contribution >= 0.6 is 0 Å². The molecule has 0 aromatic heterocycles. The largest absolute Gasteiger partial charge is 0.478 e. The predicted octanol–water partition coefficient (Wildman–Crippen LogP) is -0.471. The topological polar surface area (TPSA) is 70.1 Å². The molecule has 1 heterocycles. The second kappa shape index (κ2) is 2.06. The van der Waals surface area contributed by atoms with Crippen molar-refractivity contribution in [2.45, 2.75) is 24.7 Å². The molecule has 0 amide bonds. The van der Waals surface area contributed by atoms with Gasteiger partial charge in [0.25, 0.3) is 0 Å². The Morgan fingerprint density at radius 1 is 1.73 bits per heavy atom. The van der Waals surface area contributed by atoms with E-state index in [1.54, 1.807) is 6.08 Å². The van der Waals surface area contributed by atoms with Crippen LogP contribution < -0.4 is 0 Å². The average molecular weight is 156 g/mol. The second-order valence-corrected chi connectivity index (χ2v) is 2.83. The van der Waals surface area contributed by atoms with E-state index in [0.29, 0.717) is 0 Å². The standard InChI is InChI=1S/C7H8O4/c8-4-1-3(7(9)10)2-5-6(4)11-5/h2,4-6,8H,1H2,(H,9,10)/t4-,5+,6-/m0/s1. The zero-order chi connectivity index (χ0) is 8.01. The van der Waals surface area contributed by atoms with E-state index in [0.717, 1.165) is 0 Å². The van der Waals surface area contributed by atoms with Crippen LogP contribution in [0.1, 0.15) is 6.42 Å². The lowest BCUT2D eigenvalue weighted by Crippen LogP contribution is -2.23. The van der Waals surface area contributed by atoms with Crippen molar-refractivity contribution in [2.75, 3.05) is 0 Å². The molecule has 0 aromatic carbocycles. The van der Waals surface area contributed by atoms with Crippen LogP contribution in [0.5, 0.6) is 0 Å². The molecule has 1 fully saturated rings. The molecule has 0 radical (unpaired) electrons. The SMILES string of the molecule is O=C(O)C1=C[C@H]2O[C@H]2[C@@H](O)C1. The Kier molecular flexibility index (Phi) is 1.27. The molecule has 60 valence electrons. The van der Waals surface area contributed by atoms with E-state index in [2.05, 4.69) is 0 Å². The maximum atomic E-state index is 10.4. The summed E-state index contributed by atoms with van der Waals surface area (Å²) in [7, 11) is 0. The van der Waals surface area contributed by atoms with Crippen molar-refractivity contribution < 1.29 is 19.7 Å². The number of hydrogen-bond donors (Lipinski definition) is 2. The van der Waals surface area contributed by atoms with Crippen molar-refractivity contribution in [3.8, 4) is 0 Å². The molecule has 0 bridgehead atoms. The summed E-state index contributed by atoms with van der Waals surface area (Å²) < 4.78 is 4.98. The van der Waals surface area contributed by atoms with Gasteiger partial charge in [-0.05, 0) is 6.08 Å². The summed E-state index contributed by atoms with van der Waals surface area (Å²) >= 11 is 0. The summed E-state index contributed by atoms with van der Waals surface area (Å²) in [6.07, 6.45) is 0.856. The van der Waals surface area contributed by atoms with Crippen molar-refractivity contribution in [1.82, 2.24) is 0 Å². The summed E-state index contributed by atoms with van der Waals surface area (Å²) in [6.45, 7) is 0. The Morgan fingerprint density at radius 3 is 3.00 bits per heavy atom. The number of fused-ring (bicyclic) bond motifs is 1. The molecule has 11 heavy (non-hydrogen) atoms. The lowest BCUT2D eigenvalue weighted by atomic mass is 9.97. The summed E-state index contributed by atoms with van der Waals surface area (Å²) in [5.74, 6) is -0.960. The van der Waals surface area contributed by atoms with Crippen molar-refractivity contribution in [2.24, 2.45) is 0 Å². The van der Waals surface area contributed by atoms with Gasteiger partial charge in [0.2, 0.25) is 0 Å². The van der Waals surface area contributed by atoms with E-state index in [1.165, 1.54) is 0 Å². The second-order valence-electron chi connectivity index (χ2n) is 2.83. The molecule has 3 atom stereocenters. The van der Waals surface area contributed by atoms with Gasteiger partial charge in [-0.15, -0.1) is 0 Å². The summed E-state index contributed by atoms with van der Waals surface area (Å²) in [5, 5.41) is 17.8. The molecular formula is C7H8O4. The number of carbonyl (C=O) groups is 1. The van der Waals surface area contributed by atoms with Crippen LogP contribution in [-0.2, 0) is 9.53 Å². The number of epoxide rings is 1. The van der Waals surface area contributed by atoms with Crippen molar-refractivity contribution >= 4 is 5.97 Å². The minimum absolute atomic E-state index is 0.141. The molecule has 2 aliphatic rings. The van der Waals surface area contributed by atoms with Gasteiger partial charge >= 0.3 is 5.97 Å². The van der Waals surface area contributed by atoms with Crippen LogP contribution in [0.3, 0.4) is 0 Å². The van der Waals surface area contributed by atoms with E-state index in [9.17, 15) is 9.90 Å². The van der Waals surface area contributed by atoms with E-state index in [4.69, 9.17) is 9.84 Å². The number of aliphatic carboxylic acids is 1. The van der Waals surface area contributed by atoms with Gasteiger partial charge in [-0.1, -0.05) is 0 Å². The van der Waals surface area contributed by atoms with Crippen LogP contribution in [0.25, 0.3) is 0 Å². The van der Waals surface area contributed by atoms with Gasteiger partial charge in [0.1, 0.15) is 12.2 Å². The predicted molar refractivity (Wildman–Crippen MR) is 35.0 cm³/mol. The third-order valence-corrected chi connectivity index (χ3v) is 2.01. The molecule has 1 saturated heterocycles. The zero-order valence-electron chi connectivity index (χ0n) is 5.73. The van der Waals surface area contributed by atoms with Crippen LogP contribution in [0.15, 0.2) is 11.6 Å². The van der Waals surface area contributed by atoms with Crippen LogP contribution in [0, 0.1) is 0 Å². The molecule has 4 heteroatoms. The first-order valence-corrected chi connectivity index (χ1v) is 3.46. The molecule has 2 N–H and O–H groups in total. The Morgan fingerprint density at radius 2 is 2.45 bits per heavy atom. The monoisotopic (exact) mass is 156 g/mol. The Labute approximate surface area is 63.1 Å². The number of hydrogen-bond acceptors (Lipinski definition) is 3. The molecule has 0 spiro atoms. The number of aliphatic hydroxyl groups excluding tert-OH is 1. The minimum Gasteiger partial charge on any atom is -0.478 e. The average Bonchev–Trinajstić information content (AvgIpc) is 2.66. The van der Waals surface area contributed by atoms with Gasteiger partial charge in [-0.3, -0.25) is 0 Å². The summed E-state index contributed by atoms with van der Waals surface area (Å²) in [6, 6.07) is 0. The van der Waals surface area contributed by atoms with Gasteiger partial charge < -0.3 is 14.9 Å². The Hall–Kier alpha value is -0.870. The summed E-state index contributed by atoms with van der Waals surface area (Å²) in [5.41, 5.74) is 0.260. The highest BCUT2D eigenvalue weighted by molar-refractivity contribution is 5.87. The van der Waals surface area contributed by atoms with Gasteiger partial charge in [0.05, 0.1) is 6.10 Å². The number of carboxylic acid groups (broad SMARTS) is 1. The van der Waals surface area contributed by atoms with E-state index >= 15 is 0 Å². The van der Waals surface area contributed by atoms with Gasteiger partial charge in [0.15, 0.2) is 0 Å². The third kappa shape index (κ3) is 1.04. The van der Waals surface area contributed by atoms with Gasteiger partial charge in [-0.25, -0.2) is 4.79 Å². The third-order valence-electron chi connectivity index (χ3n) is 2.01. The lowest BCUT2D eigenvalue weighted by Gasteiger charge is -2.10. The molecule has 4 nitrogen and oxygen atoms in total. The van der Waals surface area contributed by atoms with Crippen LogP contribution in [-0.4, -0.2) is 34.5 Å². The highest BCUT2D eigenvalue weighted by Crippen LogP contribution is 2.35. The highest BCUT2D eigenvalue weighted by atomic mass is 16.6.